The molecule has 2 N–H and O–H groups in total. The van der Waals surface area contributed by atoms with Crippen molar-refractivity contribution in [3.8, 4) is 0 Å². The Morgan fingerprint density at radius 3 is 2.81 bits per heavy atom. The number of rotatable bonds is 9. The SMILES string of the molecule is CCCCNC(=NCc1nnc(C)n1C)NCC1CN(CC(C)C)CCO1. The second-order valence-corrected chi connectivity index (χ2v) is 7.69. The maximum atomic E-state index is 5.94. The van der Waals surface area contributed by atoms with E-state index in [-0.39, 0.29) is 6.10 Å². The van der Waals surface area contributed by atoms with Crippen molar-refractivity contribution >= 4 is 5.96 Å². The predicted molar refractivity (Wildman–Crippen MR) is 109 cm³/mol. The first-order valence-electron chi connectivity index (χ1n) is 10.2. The van der Waals surface area contributed by atoms with Crippen molar-refractivity contribution in [2.75, 3.05) is 39.3 Å². The van der Waals surface area contributed by atoms with E-state index in [4.69, 9.17) is 9.73 Å². The summed E-state index contributed by atoms with van der Waals surface area (Å²) in [6.45, 7) is 14.7. The van der Waals surface area contributed by atoms with Crippen LogP contribution in [0.1, 0.15) is 45.3 Å². The topological polar surface area (TPSA) is 79.6 Å². The molecule has 0 radical (unpaired) electrons. The van der Waals surface area contributed by atoms with Gasteiger partial charge in [0.05, 0.1) is 12.7 Å². The number of guanidine groups is 1. The van der Waals surface area contributed by atoms with Crippen LogP contribution in [0.3, 0.4) is 0 Å². The van der Waals surface area contributed by atoms with Gasteiger partial charge >= 0.3 is 0 Å². The molecule has 27 heavy (non-hydrogen) atoms. The first kappa shape index (κ1) is 21.6. The van der Waals surface area contributed by atoms with Gasteiger partial charge in [-0.15, -0.1) is 10.2 Å². The van der Waals surface area contributed by atoms with E-state index in [1.165, 1.54) is 0 Å². The lowest BCUT2D eigenvalue weighted by molar-refractivity contribution is -0.0284. The summed E-state index contributed by atoms with van der Waals surface area (Å²) in [5.74, 6) is 3.25. The molecule has 0 spiro atoms. The molecule has 1 unspecified atom stereocenters. The molecule has 0 amide bonds. The van der Waals surface area contributed by atoms with Crippen LogP contribution in [-0.4, -0.2) is 71.1 Å². The monoisotopic (exact) mass is 379 g/mol. The van der Waals surface area contributed by atoms with Gasteiger partial charge in [-0.25, -0.2) is 4.99 Å². The molecule has 154 valence electrons. The van der Waals surface area contributed by atoms with Crippen molar-refractivity contribution in [2.24, 2.45) is 18.0 Å². The second-order valence-electron chi connectivity index (χ2n) is 7.69. The summed E-state index contributed by atoms with van der Waals surface area (Å²) in [4.78, 5) is 7.18. The van der Waals surface area contributed by atoms with Crippen molar-refractivity contribution in [3.05, 3.63) is 11.6 Å². The number of aliphatic imine (C=N–C) groups is 1. The lowest BCUT2D eigenvalue weighted by Crippen LogP contribution is -2.50. The Kier molecular flexibility index (Phi) is 9.00. The highest BCUT2D eigenvalue weighted by molar-refractivity contribution is 5.79. The Morgan fingerprint density at radius 2 is 2.15 bits per heavy atom. The Balaban J connectivity index is 1.89. The van der Waals surface area contributed by atoms with Gasteiger partial charge in [-0.1, -0.05) is 27.2 Å². The molecule has 8 nitrogen and oxygen atoms in total. The molecule has 1 aromatic rings. The van der Waals surface area contributed by atoms with Crippen molar-refractivity contribution in [2.45, 2.75) is 53.2 Å². The van der Waals surface area contributed by atoms with Crippen LogP contribution in [-0.2, 0) is 18.3 Å². The van der Waals surface area contributed by atoms with Crippen molar-refractivity contribution in [3.63, 3.8) is 0 Å². The molecule has 1 aromatic heterocycles. The molecule has 0 aliphatic carbocycles. The summed E-state index contributed by atoms with van der Waals surface area (Å²) in [7, 11) is 1.97. The quantitative estimate of drug-likeness (QED) is 0.383. The third-order valence-corrected chi connectivity index (χ3v) is 4.73. The number of hydrogen-bond donors (Lipinski definition) is 2. The van der Waals surface area contributed by atoms with Crippen LogP contribution in [0.15, 0.2) is 4.99 Å². The first-order valence-corrected chi connectivity index (χ1v) is 10.2. The third kappa shape index (κ3) is 7.46. The Labute approximate surface area is 163 Å². The molecule has 2 rings (SSSR count). The van der Waals surface area contributed by atoms with Gasteiger partial charge in [0.2, 0.25) is 0 Å². The minimum Gasteiger partial charge on any atom is -0.374 e. The second kappa shape index (κ2) is 11.2. The van der Waals surface area contributed by atoms with E-state index in [0.29, 0.717) is 12.5 Å². The van der Waals surface area contributed by atoms with Gasteiger partial charge in [-0.3, -0.25) is 4.90 Å². The lowest BCUT2D eigenvalue weighted by atomic mass is 10.2. The molecule has 0 saturated carbocycles. The number of aromatic nitrogens is 3. The van der Waals surface area contributed by atoms with Gasteiger partial charge in [-0.05, 0) is 19.3 Å². The van der Waals surface area contributed by atoms with Crippen LogP contribution in [0.25, 0.3) is 0 Å². The minimum absolute atomic E-state index is 0.188. The largest absolute Gasteiger partial charge is 0.374 e. The van der Waals surface area contributed by atoms with Crippen LogP contribution in [0, 0.1) is 12.8 Å². The molecule has 8 heteroatoms. The van der Waals surface area contributed by atoms with Crippen molar-refractivity contribution in [1.82, 2.24) is 30.3 Å². The van der Waals surface area contributed by atoms with Gasteiger partial charge < -0.3 is 19.9 Å². The fraction of sp³-hybridized carbons (Fsp3) is 0.842. The third-order valence-electron chi connectivity index (χ3n) is 4.73. The summed E-state index contributed by atoms with van der Waals surface area (Å²) >= 11 is 0. The summed E-state index contributed by atoms with van der Waals surface area (Å²) in [5.41, 5.74) is 0. The molecule has 1 atom stereocenters. The molecule has 0 aromatic carbocycles. The van der Waals surface area contributed by atoms with Crippen LogP contribution < -0.4 is 10.6 Å². The average Bonchev–Trinajstić information content (AvgIpc) is 2.95. The summed E-state index contributed by atoms with van der Waals surface area (Å²) in [6, 6.07) is 0. The normalized spacial score (nSPS) is 18.9. The van der Waals surface area contributed by atoms with E-state index in [0.717, 1.165) is 69.8 Å². The van der Waals surface area contributed by atoms with Crippen LogP contribution in [0.4, 0.5) is 0 Å². The average molecular weight is 380 g/mol. The van der Waals surface area contributed by atoms with Crippen molar-refractivity contribution in [1.29, 1.82) is 0 Å². The Bertz CT molecular complexity index is 585. The minimum atomic E-state index is 0.188. The van der Waals surface area contributed by atoms with E-state index in [1.807, 2.05) is 18.5 Å². The highest BCUT2D eigenvalue weighted by atomic mass is 16.5. The molecule has 1 saturated heterocycles. The van der Waals surface area contributed by atoms with Crippen molar-refractivity contribution < 1.29 is 4.74 Å². The van der Waals surface area contributed by atoms with E-state index in [9.17, 15) is 0 Å². The highest BCUT2D eigenvalue weighted by Gasteiger charge is 2.21. The summed E-state index contributed by atoms with van der Waals surface area (Å²) in [6.07, 6.45) is 2.46. The molecule has 2 heterocycles. The Morgan fingerprint density at radius 1 is 1.33 bits per heavy atom. The molecule has 0 bridgehead atoms. The first-order chi connectivity index (χ1) is 13.0. The summed E-state index contributed by atoms with van der Waals surface area (Å²) in [5, 5.41) is 15.1. The zero-order valence-corrected chi connectivity index (χ0v) is 17.7. The fourth-order valence-electron chi connectivity index (χ4n) is 3.09. The molecular weight excluding hydrogens is 342 g/mol. The number of aryl methyl sites for hydroxylation is 1. The van der Waals surface area contributed by atoms with E-state index in [2.05, 4.69) is 46.5 Å². The van der Waals surface area contributed by atoms with Crippen LogP contribution in [0.2, 0.25) is 0 Å². The van der Waals surface area contributed by atoms with E-state index in [1.54, 1.807) is 0 Å². The Hall–Kier alpha value is -1.67. The number of morpholine rings is 1. The zero-order valence-electron chi connectivity index (χ0n) is 17.7. The maximum absolute atomic E-state index is 5.94. The highest BCUT2D eigenvalue weighted by Crippen LogP contribution is 2.07. The van der Waals surface area contributed by atoms with Gasteiger partial charge in [0, 0.05) is 39.8 Å². The molecular formula is C19H37N7O. The van der Waals surface area contributed by atoms with E-state index < -0.39 is 0 Å². The lowest BCUT2D eigenvalue weighted by Gasteiger charge is -2.34. The number of ether oxygens (including phenoxy) is 1. The maximum Gasteiger partial charge on any atom is 0.191 e. The summed E-state index contributed by atoms with van der Waals surface area (Å²) < 4.78 is 7.91. The number of nitrogens with zero attached hydrogens (tertiary/aromatic N) is 5. The molecule has 1 aliphatic rings. The van der Waals surface area contributed by atoms with Crippen LogP contribution >= 0.6 is 0 Å². The predicted octanol–water partition coefficient (Wildman–Crippen LogP) is 1.32. The number of nitrogens with one attached hydrogen (secondary N) is 2. The molecule has 1 aliphatic heterocycles. The zero-order chi connectivity index (χ0) is 19.6. The van der Waals surface area contributed by atoms with Gasteiger partial charge in [0.25, 0.3) is 0 Å². The smallest absolute Gasteiger partial charge is 0.191 e. The fourth-order valence-corrected chi connectivity index (χ4v) is 3.09. The number of hydrogen-bond acceptors (Lipinski definition) is 5. The standard InChI is InChI=1S/C19H37N7O/c1-6-7-8-20-19(22-12-18-24-23-16(4)25(18)5)21-11-17-14-26(9-10-27-17)13-15(2)3/h15,17H,6-14H2,1-5H3,(H2,20,21,22). The van der Waals surface area contributed by atoms with Gasteiger partial charge in [0.1, 0.15) is 12.4 Å². The number of unbranched alkanes of at least 4 members (excludes halogenated alkanes) is 1. The van der Waals surface area contributed by atoms with Gasteiger partial charge in [-0.2, -0.15) is 0 Å². The molecule has 1 fully saturated rings. The van der Waals surface area contributed by atoms with Crippen LogP contribution in [0.5, 0.6) is 0 Å². The van der Waals surface area contributed by atoms with E-state index >= 15 is 0 Å². The van der Waals surface area contributed by atoms with Gasteiger partial charge in [0.15, 0.2) is 11.8 Å².